The molecule has 14 heteroatoms. The molecule has 0 saturated carbocycles. The molecule has 2 N–H and O–H groups in total. The third-order valence-corrected chi connectivity index (χ3v) is 14.4. The van der Waals surface area contributed by atoms with Crippen LogP contribution in [-0.4, -0.2) is 122 Å². The number of aromatic hydroxyl groups is 1. The highest BCUT2D eigenvalue weighted by Crippen LogP contribution is 2.34. The van der Waals surface area contributed by atoms with Crippen molar-refractivity contribution in [1.82, 2.24) is 19.0 Å². The number of sulfonamides is 1. The molecule has 0 bridgehead atoms. The zero-order valence-corrected chi connectivity index (χ0v) is 31.7. The number of carbonyl (C=O) groups is 3. The molecule has 0 aliphatic carbocycles. The number of amides is 4. The van der Waals surface area contributed by atoms with Crippen LogP contribution in [0.15, 0.2) is 42.5 Å². The maximum atomic E-state index is 14.1. The summed E-state index contributed by atoms with van der Waals surface area (Å²) < 4.78 is 33.5. The minimum Gasteiger partial charge on any atom is -0.509 e. The smallest absolute Gasteiger partial charge is 0.410 e. The Bertz CT molecular complexity index is 1700. The van der Waals surface area contributed by atoms with Gasteiger partial charge in [0.05, 0.1) is 5.25 Å². The van der Waals surface area contributed by atoms with E-state index in [9.17, 15) is 27.9 Å². The molecule has 12 nitrogen and oxygen atoms in total. The lowest BCUT2D eigenvalue weighted by Gasteiger charge is -2.41. The molecule has 3 saturated heterocycles. The second-order valence-electron chi connectivity index (χ2n) is 15.1. The van der Waals surface area contributed by atoms with Gasteiger partial charge in [0.25, 0.3) is 5.91 Å². The molecule has 4 aliphatic rings. The van der Waals surface area contributed by atoms with E-state index in [0.29, 0.717) is 82.4 Å². The van der Waals surface area contributed by atoms with Crippen LogP contribution in [-0.2, 0) is 32.4 Å². The summed E-state index contributed by atoms with van der Waals surface area (Å²) in [4.78, 5) is 46.1. The molecule has 0 aromatic heterocycles. The van der Waals surface area contributed by atoms with Crippen molar-refractivity contribution >= 4 is 47.1 Å². The number of phenolic OH excluding ortho intramolecular Hbond substituents is 1. The van der Waals surface area contributed by atoms with Crippen molar-refractivity contribution in [3.05, 3.63) is 53.6 Å². The van der Waals surface area contributed by atoms with Gasteiger partial charge in [-0.05, 0) is 98.8 Å². The van der Waals surface area contributed by atoms with Gasteiger partial charge in [0.2, 0.25) is 10.0 Å². The lowest BCUT2D eigenvalue weighted by atomic mass is 9.79. The monoisotopic (exact) mass is 735 g/mol. The average Bonchev–Trinajstić information content (AvgIpc) is 3.33. The molecule has 4 aliphatic heterocycles. The lowest BCUT2D eigenvalue weighted by molar-refractivity contribution is -0.142. The van der Waals surface area contributed by atoms with Crippen molar-refractivity contribution in [2.75, 3.05) is 51.1 Å². The zero-order valence-electron chi connectivity index (χ0n) is 30.8. The van der Waals surface area contributed by atoms with Crippen LogP contribution in [0.4, 0.5) is 15.3 Å². The number of piperidine rings is 3. The second-order valence-corrected chi connectivity index (χ2v) is 17.5. The van der Waals surface area contributed by atoms with E-state index in [1.54, 1.807) is 36.1 Å². The second kappa shape index (κ2) is 16.5. The number of nitrogens with one attached hydrogen (secondary N) is 1. The number of fused-ring (bicyclic) bond motifs is 1. The molecule has 4 heterocycles. The maximum Gasteiger partial charge on any atom is 0.410 e. The zero-order chi connectivity index (χ0) is 37.0. The molecule has 2 aromatic carbocycles. The topological polar surface area (TPSA) is 140 Å². The van der Waals surface area contributed by atoms with Crippen molar-refractivity contribution < 1.29 is 32.6 Å². The number of benzene rings is 2. The van der Waals surface area contributed by atoms with E-state index in [1.165, 1.54) is 0 Å². The van der Waals surface area contributed by atoms with Gasteiger partial charge in [0.15, 0.2) is 6.10 Å². The Hall–Kier alpha value is -3.78. The van der Waals surface area contributed by atoms with Crippen molar-refractivity contribution in [1.29, 1.82) is 0 Å². The van der Waals surface area contributed by atoms with E-state index >= 15 is 0 Å². The van der Waals surface area contributed by atoms with Gasteiger partial charge in [0.1, 0.15) is 13.6 Å². The normalized spacial score (nSPS) is 21.2. The Morgan fingerprint density at radius 2 is 1.56 bits per heavy atom. The number of rotatable bonds is 9. The molecular weight excluding hydrogens is 681 g/mol. The predicted octanol–water partition coefficient (Wildman–Crippen LogP) is 3.33. The Morgan fingerprint density at radius 3 is 2.21 bits per heavy atom. The molecule has 0 spiro atoms. The quantitative estimate of drug-likeness (QED) is 0.377. The summed E-state index contributed by atoms with van der Waals surface area (Å²) >= 11 is 0. The number of hydrogen-bond donors (Lipinski definition) is 2. The van der Waals surface area contributed by atoms with E-state index in [1.807, 2.05) is 47.1 Å². The summed E-state index contributed by atoms with van der Waals surface area (Å²) in [5.41, 5.74) is 3.43. The van der Waals surface area contributed by atoms with E-state index in [-0.39, 0.29) is 35.4 Å². The Labute approximate surface area is 309 Å². The van der Waals surface area contributed by atoms with Gasteiger partial charge in [0, 0.05) is 64.0 Å². The summed E-state index contributed by atoms with van der Waals surface area (Å²) in [6.07, 6.45) is 4.56. The van der Waals surface area contributed by atoms with Gasteiger partial charge in [-0.3, -0.25) is 4.79 Å². The number of likely N-dealkylation sites (tertiary alicyclic amines) is 2. The Morgan fingerprint density at radius 1 is 0.923 bits per heavy atom. The van der Waals surface area contributed by atoms with Crippen LogP contribution in [0.2, 0.25) is 0 Å². The van der Waals surface area contributed by atoms with Gasteiger partial charge in [-0.15, -0.1) is 0 Å². The summed E-state index contributed by atoms with van der Waals surface area (Å²) in [6.45, 7) is 7.36. The fourth-order valence-electron chi connectivity index (χ4n) is 8.39. The van der Waals surface area contributed by atoms with Gasteiger partial charge in [-0.1, -0.05) is 37.3 Å². The number of hydrogen-bond acceptors (Lipinski definition) is 7. The Balaban J connectivity index is 1.04. The molecule has 2 atom stereocenters. The fraction of sp³-hybridized carbons (Fsp3) is 0.605. The first-order chi connectivity index (χ1) is 24.9. The fourth-order valence-corrected chi connectivity index (χ4v) is 10.0. The molecule has 4 amide bonds. The number of phenols is 1. The molecule has 2 aromatic rings. The predicted molar refractivity (Wildman–Crippen MR) is 203 cm³/mol. The molecule has 1 unspecified atom stereocenters. The van der Waals surface area contributed by atoms with Gasteiger partial charge >= 0.3 is 12.1 Å². The van der Waals surface area contributed by atoms with E-state index in [2.05, 4.69) is 5.32 Å². The first kappa shape index (κ1) is 38.0. The van der Waals surface area contributed by atoms with Crippen molar-refractivity contribution in [2.45, 2.75) is 89.0 Å². The lowest BCUT2D eigenvalue weighted by Crippen LogP contribution is -2.52. The van der Waals surface area contributed by atoms with Crippen LogP contribution in [0.5, 0.6) is 5.75 Å². The summed E-state index contributed by atoms with van der Waals surface area (Å²) in [5.74, 6) is 0.786. The van der Waals surface area contributed by atoms with Crippen molar-refractivity contribution in [2.24, 2.45) is 11.8 Å². The number of anilines is 1. The van der Waals surface area contributed by atoms with Crippen LogP contribution in [0.25, 0.3) is 0 Å². The van der Waals surface area contributed by atoms with Gasteiger partial charge < -0.3 is 29.9 Å². The molecule has 0 radical (unpaired) electrons. The SMILES string of the molecule is Bc1cc(C[C@@H](OC(=O)N2CCC(N3CCc4ccccc4NC3=O)CC2)C(=O)N2CCC(C3CCN(S(=O)(=O)C(C)CC)CC3)CC2)ccc1O. The van der Waals surface area contributed by atoms with Crippen LogP contribution in [0, 0.1) is 11.8 Å². The standard InChI is InChI=1S/C38H54BN5O7S/c1-3-26(2)52(49,50)43-21-12-29(13-22-43)28-10-17-41(18-11-28)36(46)35(25-27-8-9-34(45)32(39)24-27)51-38(48)42-19-15-31(16-20-42)44-23-14-30-6-4-5-7-33(30)40-37(44)47/h4-9,24,26,28-29,31,35,45H,3,10-23,25,39H2,1-2H3,(H,40,47)/t26?,35-/m1/s1. The molecule has 282 valence electrons. The van der Waals surface area contributed by atoms with E-state index < -0.39 is 22.2 Å². The number of urea groups is 1. The third kappa shape index (κ3) is 8.54. The summed E-state index contributed by atoms with van der Waals surface area (Å²) in [6, 6.07) is 12.9. The van der Waals surface area contributed by atoms with E-state index in [0.717, 1.165) is 48.9 Å². The highest BCUT2D eigenvalue weighted by molar-refractivity contribution is 7.89. The highest BCUT2D eigenvalue weighted by Gasteiger charge is 2.38. The number of nitrogens with zero attached hydrogens (tertiary/aromatic N) is 4. The molecular formula is C38H54BN5O7S. The highest BCUT2D eigenvalue weighted by atomic mass is 32.2. The molecule has 52 heavy (non-hydrogen) atoms. The maximum absolute atomic E-state index is 14.1. The molecule has 6 rings (SSSR count). The van der Waals surface area contributed by atoms with Crippen LogP contribution >= 0.6 is 0 Å². The van der Waals surface area contributed by atoms with Crippen LogP contribution in [0.3, 0.4) is 0 Å². The van der Waals surface area contributed by atoms with Gasteiger partial charge in [-0.25, -0.2) is 22.3 Å². The van der Waals surface area contributed by atoms with Crippen molar-refractivity contribution in [3.63, 3.8) is 0 Å². The molecule has 3 fully saturated rings. The summed E-state index contributed by atoms with van der Waals surface area (Å²) in [5, 5.41) is 12.8. The minimum atomic E-state index is -3.26. The Kier molecular flexibility index (Phi) is 12.0. The largest absolute Gasteiger partial charge is 0.509 e. The van der Waals surface area contributed by atoms with Crippen LogP contribution in [0.1, 0.15) is 69.9 Å². The minimum absolute atomic E-state index is 0.00593. The van der Waals surface area contributed by atoms with Gasteiger partial charge in [-0.2, -0.15) is 0 Å². The first-order valence-electron chi connectivity index (χ1n) is 19.1. The summed E-state index contributed by atoms with van der Waals surface area (Å²) in [7, 11) is -1.47. The average molecular weight is 736 g/mol. The number of carbonyl (C=O) groups excluding carboxylic acids is 3. The van der Waals surface area contributed by atoms with Crippen LogP contribution < -0.4 is 10.8 Å². The number of ether oxygens (including phenoxy) is 1. The first-order valence-corrected chi connectivity index (χ1v) is 20.6. The van der Waals surface area contributed by atoms with E-state index in [4.69, 9.17) is 4.74 Å². The third-order valence-electron chi connectivity index (χ3n) is 12.0. The number of para-hydroxylation sites is 1. The van der Waals surface area contributed by atoms with Crippen molar-refractivity contribution in [3.8, 4) is 5.75 Å².